The Kier molecular flexibility index (Phi) is 12.0. The lowest BCUT2D eigenvalue weighted by Gasteiger charge is -2.42. The molecule has 1 aromatic carbocycles. The molecule has 13 nitrogen and oxygen atoms in total. The van der Waals surface area contributed by atoms with Crippen molar-refractivity contribution in [2.45, 2.75) is 75.6 Å². The third-order valence-corrected chi connectivity index (χ3v) is 5.90. The second-order valence-electron chi connectivity index (χ2n) is 8.48. The molecule has 0 saturated carbocycles. The van der Waals surface area contributed by atoms with Gasteiger partial charge in [-0.1, -0.05) is 25.7 Å². The molecule has 2 rings (SSSR count). The quantitative estimate of drug-likeness (QED) is 0.102. The molecule has 1 fully saturated rings. The van der Waals surface area contributed by atoms with E-state index in [1.165, 1.54) is 7.11 Å². The number of carbonyl (C=O) groups excluding carboxylic acids is 2. The van der Waals surface area contributed by atoms with E-state index in [9.17, 15) is 40.1 Å². The topological polar surface area (TPSA) is 198 Å². The number of hydrogen-bond acceptors (Lipinski definition) is 11. The lowest BCUT2D eigenvalue weighted by atomic mass is 9.96. The molecule has 1 aliphatic rings. The summed E-state index contributed by atoms with van der Waals surface area (Å²) in [5.74, 6) is -1.72. The number of phenolic OH excluding ortho intramolecular Hbond substituents is 1. The molecule has 3 unspecified atom stereocenters. The molecule has 5 N–H and O–H groups in total. The number of nitrogens with zero attached hydrogens (tertiary/aromatic N) is 1. The molecule has 0 radical (unpaired) electrons. The van der Waals surface area contributed by atoms with Crippen molar-refractivity contribution in [2.75, 3.05) is 20.3 Å². The van der Waals surface area contributed by atoms with Crippen LogP contribution < -0.4 is 5.32 Å². The number of nitro groups is 1. The number of esters is 1. The molecule has 1 amide bonds. The van der Waals surface area contributed by atoms with Gasteiger partial charge in [0.25, 0.3) is 5.91 Å². The zero-order chi connectivity index (χ0) is 26.7. The van der Waals surface area contributed by atoms with Gasteiger partial charge < -0.3 is 40.0 Å². The van der Waals surface area contributed by atoms with Crippen molar-refractivity contribution in [3.8, 4) is 5.75 Å². The van der Waals surface area contributed by atoms with E-state index in [-0.39, 0.29) is 18.1 Å². The van der Waals surface area contributed by atoms with Gasteiger partial charge in [-0.3, -0.25) is 19.7 Å². The molecule has 1 heterocycles. The van der Waals surface area contributed by atoms with Gasteiger partial charge in [0.05, 0.1) is 18.6 Å². The van der Waals surface area contributed by atoms with Crippen LogP contribution in [0.1, 0.15) is 55.3 Å². The number of amides is 1. The number of aliphatic hydroxyl groups excluding tert-OH is 3. The van der Waals surface area contributed by atoms with Gasteiger partial charge >= 0.3 is 11.7 Å². The van der Waals surface area contributed by atoms with Gasteiger partial charge in [-0.2, -0.15) is 0 Å². The molecule has 1 saturated heterocycles. The number of benzene rings is 1. The summed E-state index contributed by atoms with van der Waals surface area (Å²) in [6.45, 7) is -0.362. The molecule has 5 atom stereocenters. The van der Waals surface area contributed by atoms with Crippen molar-refractivity contribution < 1.29 is 49.1 Å². The van der Waals surface area contributed by atoms with Gasteiger partial charge in [-0.15, -0.1) is 0 Å². The minimum atomic E-state index is -1.54. The van der Waals surface area contributed by atoms with Gasteiger partial charge in [0, 0.05) is 24.7 Å². The summed E-state index contributed by atoms with van der Waals surface area (Å²) in [6.07, 6.45) is 0.0383. The molecule has 36 heavy (non-hydrogen) atoms. The van der Waals surface area contributed by atoms with Crippen LogP contribution in [0.5, 0.6) is 5.75 Å². The van der Waals surface area contributed by atoms with Crippen LogP contribution in [-0.2, 0) is 19.0 Å². The normalized spacial score (nSPS) is 23.7. The van der Waals surface area contributed by atoms with Crippen molar-refractivity contribution in [2.24, 2.45) is 0 Å². The molecule has 1 aromatic rings. The molecule has 0 aromatic heterocycles. The largest absolute Gasteiger partial charge is 0.502 e. The highest BCUT2D eigenvalue weighted by Crippen LogP contribution is 2.27. The van der Waals surface area contributed by atoms with E-state index >= 15 is 0 Å². The zero-order valence-corrected chi connectivity index (χ0v) is 20.1. The highest BCUT2D eigenvalue weighted by molar-refractivity contribution is 5.95. The number of carbonyl (C=O) groups is 2. The molecular weight excluding hydrogens is 480 g/mol. The predicted molar refractivity (Wildman–Crippen MR) is 124 cm³/mol. The van der Waals surface area contributed by atoms with Crippen molar-refractivity contribution in [3.63, 3.8) is 0 Å². The fraction of sp³-hybridized carbons (Fsp3) is 0.652. The average Bonchev–Trinajstić information content (AvgIpc) is 2.86. The standard InChI is InChI=1S/C23H34N2O11/c1-34-18(28)8-6-4-2-3-5-7-11-35-23-19(21(30)20(29)17(13-26)36-23)24-22(31)14-9-10-15(25(32)33)16(27)12-14/h9-10,12,17,19-21,23,26-27,29-30H,2-8,11,13H2,1H3,(H,24,31)/t17?,19?,20-,21?,23+/m0/s1. The number of nitrogens with one attached hydrogen (secondary N) is 1. The number of unbranched alkanes of at least 4 members (excludes halogenated alkanes) is 5. The smallest absolute Gasteiger partial charge is 0.310 e. The zero-order valence-electron chi connectivity index (χ0n) is 20.1. The Bertz CT molecular complexity index is 882. The van der Waals surface area contributed by atoms with Crippen LogP contribution in [0, 0.1) is 10.1 Å². The maximum atomic E-state index is 12.7. The van der Waals surface area contributed by atoms with E-state index in [0.717, 1.165) is 50.3 Å². The number of rotatable bonds is 14. The van der Waals surface area contributed by atoms with Crippen LogP contribution in [0.3, 0.4) is 0 Å². The van der Waals surface area contributed by atoms with Crippen molar-refractivity contribution in [1.29, 1.82) is 0 Å². The van der Waals surface area contributed by atoms with Crippen LogP contribution >= 0.6 is 0 Å². The van der Waals surface area contributed by atoms with E-state index in [2.05, 4.69) is 10.1 Å². The summed E-state index contributed by atoms with van der Waals surface area (Å²) in [5, 5.41) is 53.4. The van der Waals surface area contributed by atoms with E-state index < -0.39 is 59.5 Å². The molecule has 1 aliphatic heterocycles. The third kappa shape index (κ3) is 8.38. The van der Waals surface area contributed by atoms with Crippen LogP contribution in [0.4, 0.5) is 5.69 Å². The maximum absolute atomic E-state index is 12.7. The number of ether oxygens (including phenoxy) is 3. The van der Waals surface area contributed by atoms with Gasteiger partial charge in [0.1, 0.15) is 24.4 Å². The second-order valence-corrected chi connectivity index (χ2v) is 8.48. The Morgan fingerprint density at radius 1 is 1.11 bits per heavy atom. The lowest BCUT2D eigenvalue weighted by Crippen LogP contribution is -2.64. The first-order valence-corrected chi connectivity index (χ1v) is 11.8. The SMILES string of the molecule is COC(=O)CCCCCCCCO[C@@H]1OC(CO)[C@H](O)C(O)C1NC(=O)c1ccc([N+](=O)[O-])c(O)c1. The Hall–Kier alpha value is -2.84. The fourth-order valence-corrected chi connectivity index (χ4v) is 3.81. The van der Waals surface area contributed by atoms with Gasteiger partial charge in [0.15, 0.2) is 12.0 Å². The van der Waals surface area contributed by atoms with E-state index in [1.807, 2.05) is 0 Å². The Labute approximate surface area is 208 Å². The van der Waals surface area contributed by atoms with Crippen LogP contribution in [0.15, 0.2) is 18.2 Å². The Morgan fingerprint density at radius 2 is 1.78 bits per heavy atom. The molecular formula is C23H34N2O11. The minimum Gasteiger partial charge on any atom is -0.502 e. The van der Waals surface area contributed by atoms with Gasteiger partial charge in [-0.25, -0.2) is 0 Å². The number of aromatic hydroxyl groups is 1. The number of hydrogen-bond donors (Lipinski definition) is 5. The number of methoxy groups -OCH3 is 1. The molecule has 202 valence electrons. The highest BCUT2D eigenvalue weighted by Gasteiger charge is 2.45. The summed E-state index contributed by atoms with van der Waals surface area (Å²) in [5.41, 5.74) is -0.687. The van der Waals surface area contributed by atoms with Crippen LogP contribution in [0.2, 0.25) is 0 Å². The molecule has 0 aliphatic carbocycles. The predicted octanol–water partition coefficient (Wildman–Crippen LogP) is 0.758. The maximum Gasteiger partial charge on any atom is 0.310 e. The number of aliphatic hydroxyl groups is 3. The first-order valence-electron chi connectivity index (χ1n) is 11.8. The van der Waals surface area contributed by atoms with Crippen LogP contribution in [0.25, 0.3) is 0 Å². The highest BCUT2D eigenvalue weighted by atomic mass is 16.7. The molecule has 0 bridgehead atoms. The van der Waals surface area contributed by atoms with Crippen molar-refractivity contribution in [1.82, 2.24) is 5.32 Å². The summed E-state index contributed by atoms with van der Waals surface area (Å²) in [4.78, 5) is 33.8. The molecule has 13 heteroatoms. The van der Waals surface area contributed by atoms with Gasteiger partial charge in [0.2, 0.25) is 0 Å². The summed E-state index contributed by atoms with van der Waals surface area (Å²) < 4.78 is 15.9. The lowest BCUT2D eigenvalue weighted by molar-refractivity contribution is -0.385. The van der Waals surface area contributed by atoms with Gasteiger partial charge in [-0.05, 0) is 25.0 Å². The number of nitro benzene ring substituents is 1. The van der Waals surface area contributed by atoms with E-state index in [1.54, 1.807) is 0 Å². The summed E-state index contributed by atoms with van der Waals surface area (Å²) >= 11 is 0. The third-order valence-electron chi connectivity index (χ3n) is 5.90. The minimum absolute atomic E-state index is 0.116. The Balaban J connectivity index is 1.90. The second kappa shape index (κ2) is 14.7. The first kappa shape index (κ1) is 29.4. The van der Waals surface area contributed by atoms with E-state index in [0.29, 0.717) is 12.8 Å². The number of phenols is 1. The first-order chi connectivity index (χ1) is 17.2. The summed E-state index contributed by atoms with van der Waals surface area (Å²) in [6, 6.07) is 1.80. The van der Waals surface area contributed by atoms with Crippen LogP contribution in [-0.4, -0.2) is 88.2 Å². The average molecular weight is 515 g/mol. The van der Waals surface area contributed by atoms with Crippen molar-refractivity contribution in [3.05, 3.63) is 33.9 Å². The fourth-order valence-electron chi connectivity index (χ4n) is 3.81. The summed E-state index contributed by atoms with van der Waals surface area (Å²) in [7, 11) is 1.36. The Morgan fingerprint density at radius 3 is 2.39 bits per heavy atom. The van der Waals surface area contributed by atoms with E-state index in [4.69, 9.17) is 9.47 Å². The van der Waals surface area contributed by atoms with Crippen molar-refractivity contribution >= 4 is 17.6 Å². The molecule has 0 spiro atoms. The monoisotopic (exact) mass is 514 g/mol.